The molecule has 0 aromatic heterocycles. The van der Waals surface area contributed by atoms with Crippen LogP contribution in [0.5, 0.6) is 0 Å². The fourth-order valence-electron chi connectivity index (χ4n) is 4.19. The van der Waals surface area contributed by atoms with Gasteiger partial charge in [-0.15, -0.1) is 0 Å². The molecule has 1 aromatic rings. The zero-order chi connectivity index (χ0) is 18.0. The second-order valence-corrected chi connectivity index (χ2v) is 7.66. The average molecular weight is 339 g/mol. The molecule has 134 valence electrons. The number of carbonyl (C=O) groups excluding carboxylic acids is 1. The van der Waals surface area contributed by atoms with Gasteiger partial charge in [0.15, 0.2) is 0 Å². The van der Waals surface area contributed by atoms with Gasteiger partial charge >= 0.3 is 0 Å². The number of hydrazone groups is 1. The van der Waals surface area contributed by atoms with Crippen molar-refractivity contribution in [3.8, 4) is 0 Å². The van der Waals surface area contributed by atoms with E-state index < -0.39 is 0 Å². The Balaban J connectivity index is 1.59. The van der Waals surface area contributed by atoms with Crippen molar-refractivity contribution in [1.29, 1.82) is 0 Å². The van der Waals surface area contributed by atoms with Gasteiger partial charge in [-0.1, -0.05) is 19.9 Å². The second-order valence-electron chi connectivity index (χ2n) is 7.66. The van der Waals surface area contributed by atoms with Gasteiger partial charge in [0.2, 0.25) is 0 Å². The number of hydrogen-bond donors (Lipinski definition) is 1. The molecule has 0 spiro atoms. The first-order chi connectivity index (χ1) is 12.0. The Morgan fingerprint density at radius 3 is 2.52 bits per heavy atom. The normalized spacial score (nSPS) is 23.8. The number of anilines is 1. The van der Waals surface area contributed by atoms with Crippen molar-refractivity contribution >= 4 is 17.8 Å². The fourth-order valence-corrected chi connectivity index (χ4v) is 4.19. The van der Waals surface area contributed by atoms with Gasteiger partial charge < -0.3 is 4.90 Å². The minimum absolute atomic E-state index is 0.162. The maximum atomic E-state index is 12.3. The van der Waals surface area contributed by atoms with E-state index in [-0.39, 0.29) is 5.91 Å². The summed E-state index contributed by atoms with van der Waals surface area (Å²) >= 11 is 0. The molecule has 0 heterocycles. The number of nitrogens with zero attached hydrogens (tertiary/aromatic N) is 2. The molecule has 1 fully saturated rings. The molecule has 3 aliphatic rings. The quantitative estimate of drug-likeness (QED) is 0.622. The van der Waals surface area contributed by atoms with Crippen molar-refractivity contribution < 1.29 is 4.79 Å². The highest BCUT2D eigenvalue weighted by Gasteiger charge is 2.50. The molecule has 2 bridgehead atoms. The van der Waals surface area contributed by atoms with E-state index in [9.17, 15) is 4.79 Å². The third-order valence-electron chi connectivity index (χ3n) is 6.15. The molecule has 1 N–H and O–H groups in total. The lowest BCUT2D eigenvalue weighted by Crippen LogP contribution is -2.48. The SMILES string of the molecule is CCN(CC)c1ccc(C(=O)N/N=C\C2=CC[C@@H]3C[C@@H]2C3(C)C)cc1. The summed E-state index contributed by atoms with van der Waals surface area (Å²) in [5.41, 5.74) is 6.08. The maximum absolute atomic E-state index is 12.3. The van der Waals surface area contributed by atoms with Crippen LogP contribution >= 0.6 is 0 Å². The summed E-state index contributed by atoms with van der Waals surface area (Å²) in [6.07, 6.45) is 6.50. The molecule has 0 unspecified atom stereocenters. The van der Waals surface area contributed by atoms with Crippen LogP contribution in [0.2, 0.25) is 0 Å². The number of allylic oxidation sites excluding steroid dienone is 2. The Kier molecular flexibility index (Phi) is 4.98. The van der Waals surface area contributed by atoms with E-state index in [4.69, 9.17) is 0 Å². The molecule has 2 atom stereocenters. The molecule has 25 heavy (non-hydrogen) atoms. The van der Waals surface area contributed by atoms with Crippen LogP contribution < -0.4 is 10.3 Å². The van der Waals surface area contributed by atoms with Crippen LogP contribution in [0.1, 0.15) is 50.9 Å². The first-order valence-electron chi connectivity index (χ1n) is 9.35. The number of fused-ring (bicyclic) bond motifs is 1. The van der Waals surface area contributed by atoms with Crippen LogP contribution in [-0.2, 0) is 0 Å². The summed E-state index contributed by atoms with van der Waals surface area (Å²) in [6, 6.07) is 7.70. The van der Waals surface area contributed by atoms with Crippen molar-refractivity contribution in [2.75, 3.05) is 18.0 Å². The Labute approximate surface area is 151 Å². The number of benzene rings is 1. The van der Waals surface area contributed by atoms with Crippen LogP contribution in [-0.4, -0.2) is 25.2 Å². The van der Waals surface area contributed by atoms with E-state index >= 15 is 0 Å². The maximum Gasteiger partial charge on any atom is 0.271 e. The van der Waals surface area contributed by atoms with Crippen LogP contribution in [0, 0.1) is 17.3 Å². The number of carbonyl (C=O) groups is 1. The summed E-state index contributed by atoms with van der Waals surface area (Å²) in [5, 5.41) is 4.20. The monoisotopic (exact) mass is 339 g/mol. The van der Waals surface area contributed by atoms with E-state index in [1.807, 2.05) is 30.5 Å². The van der Waals surface area contributed by atoms with Gasteiger partial charge in [0, 0.05) is 24.3 Å². The highest BCUT2D eigenvalue weighted by molar-refractivity contribution is 5.95. The second kappa shape index (κ2) is 7.03. The van der Waals surface area contributed by atoms with Gasteiger partial charge in [-0.2, -0.15) is 5.10 Å². The molecular formula is C21H29N3O. The molecule has 1 aromatic carbocycles. The van der Waals surface area contributed by atoms with E-state index in [2.05, 4.69) is 49.2 Å². The van der Waals surface area contributed by atoms with Crippen LogP contribution in [0.15, 0.2) is 41.0 Å². The van der Waals surface area contributed by atoms with Crippen molar-refractivity contribution in [3.63, 3.8) is 0 Å². The standard InChI is InChI=1S/C21H29N3O/c1-5-24(6-2)18-11-8-15(9-12-18)20(25)23-22-14-16-7-10-17-13-19(16)21(17,3)4/h7-9,11-12,14,17,19H,5-6,10,13H2,1-4H3,(H,23,25)/b22-14-/t17-,19+/m1/s1. The van der Waals surface area contributed by atoms with Gasteiger partial charge in [-0.25, -0.2) is 5.43 Å². The lowest BCUT2D eigenvalue weighted by molar-refractivity contribution is -0.00126. The third-order valence-corrected chi connectivity index (χ3v) is 6.15. The molecule has 0 saturated heterocycles. The Bertz CT molecular complexity index is 684. The van der Waals surface area contributed by atoms with Crippen molar-refractivity contribution in [2.24, 2.45) is 22.4 Å². The van der Waals surface area contributed by atoms with Crippen LogP contribution in [0.4, 0.5) is 5.69 Å². The number of amides is 1. The minimum Gasteiger partial charge on any atom is -0.372 e. The predicted molar refractivity (Wildman–Crippen MR) is 104 cm³/mol. The predicted octanol–water partition coefficient (Wildman–Crippen LogP) is 4.24. The molecule has 1 saturated carbocycles. The first-order valence-corrected chi connectivity index (χ1v) is 9.35. The first kappa shape index (κ1) is 17.7. The van der Waals surface area contributed by atoms with Gasteiger partial charge in [0.25, 0.3) is 5.91 Å². The Morgan fingerprint density at radius 1 is 1.28 bits per heavy atom. The number of nitrogens with one attached hydrogen (secondary N) is 1. The molecule has 3 aliphatic carbocycles. The average Bonchev–Trinajstić information content (AvgIpc) is 2.63. The Hall–Kier alpha value is -2.10. The number of rotatable bonds is 6. The summed E-state index contributed by atoms with van der Waals surface area (Å²) in [7, 11) is 0. The van der Waals surface area contributed by atoms with Crippen molar-refractivity contribution in [1.82, 2.24) is 5.43 Å². The smallest absolute Gasteiger partial charge is 0.271 e. The molecule has 1 amide bonds. The summed E-state index contributed by atoms with van der Waals surface area (Å²) in [5.74, 6) is 1.23. The molecule has 4 nitrogen and oxygen atoms in total. The Morgan fingerprint density at radius 2 is 1.96 bits per heavy atom. The topological polar surface area (TPSA) is 44.7 Å². The molecular weight excluding hydrogens is 310 g/mol. The van der Waals surface area contributed by atoms with Gasteiger partial charge in [0.05, 0.1) is 6.21 Å². The minimum atomic E-state index is -0.162. The lowest BCUT2D eigenvalue weighted by Gasteiger charge is -2.55. The molecule has 4 rings (SSSR count). The molecule has 0 aliphatic heterocycles. The summed E-state index contributed by atoms with van der Waals surface area (Å²) in [4.78, 5) is 14.5. The summed E-state index contributed by atoms with van der Waals surface area (Å²) in [6.45, 7) is 10.8. The van der Waals surface area contributed by atoms with E-state index in [0.29, 0.717) is 16.9 Å². The molecule has 0 radical (unpaired) electrons. The van der Waals surface area contributed by atoms with Crippen LogP contribution in [0.25, 0.3) is 0 Å². The largest absolute Gasteiger partial charge is 0.372 e. The summed E-state index contributed by atoms with van der Waals surface area (Å²) < 4.78 is 0. The van der Waals surface area contributed by atoms with E-state index in [1.165, 1.54) is 12.0 Å². The van der Waals surface area contributed by atoms with E-state index in [1.54, 1.807) is 0 Å². The highest BCUT2D eigenvalue weighted by atomic mass is 16.2. The zero-order valence-electron chi connectivity index (χ0n) is 15.7. The lowest BCUT2D eigenvalue weighted by atomic mass is 9.49. The van der Waals surface area contributed by atoms with Crippen molar-refractivity contribution in [3.05, 3.63) is 41.5 Å². The van der Waals surface area contributed by atoms with E-state index in [0.717, 1.165) is 31.1 Å². The van der Waals surface area contributed by atoms with Gasteiger partial charge in [-0.05, 0) is 73.8 Å². The number of hydrogen-bond acceptors (Lipinski definition) is 3. The molecule has 4 heteroatoms. The van der Waals surface area contributed by atoms with Crippen molar-refractivity contribution in [2.45, 2.75) is 40.5 Å². The fraction of sp³-hybridized carbons (Fsp3) is 0.524. The van der Waals surface area contributed by atoms with Crippen LogP contribution in [0.3, 0.4) is 0 Å². The highest BCUT2D eigenvalue weighted by Crippen LogP contribution is 2.58. The zero-order valence-corrected chi connectivity index (χ0v) is 15.7. The third kappa shape index (κ3) is 3.35. The van der Waals surface area contributed by atoms with Gasteiger partial charge in [-0.3, -0.25) is 4.79 Å². The van der Waals surface area contributed by atoms with Gasteiger partial charge in [0.1, 0.15) is 0 Å².